The number of fused-ring (bicyclic) bond motifs is 1. The molecule has 0 radical (unpaired) electrons. The van der Waals surface area contributed by atoms with Crippen LogP contribution in [0.15, 0.2) is 54.6 Å². The summed E-state index contributed by atoms with van der Waals surface area (Å²) in [5, 5.41) is 0.706. The van der Waals surface area contributed by atoms with Crippen LogP contribution in [0, 0.1) is 0 Å². The second-order valence-corrected chi connectivity index (χ2v) is 5.32. The van der Waals surface area contributed by atoms with E-state index in [0.717, 1.165) is 5.56 Å². The van der Waals surface area contributed by atoms with Crippen molar-refractivity contribution in [1.29, 1.82) is 0 Å². The Hall–Kier alpha value is -3.28. The minimum atomic E-state index is -0.660. The lowest BCUT2D eigenvalue weighted by Crippen LogP contribution is -2.19. The molecule has 2 aromatic carbocycles. The maximum atomic E-state index is 12.6. The van der Waals surface area contributed by atoms with Crippen molar-refractivity contribution >= 4 is 23.0 Å². The lowest BCUT2D eigenvalue weighted by Gasteiger charge is -2.10. The van der Waals surface area contributed by atoms with E-state index in [2.05, 4.69) is 0 Å². The predicted octanol–water partition coefficient (Wildman–Crippen LogP) is 3.62. The number of hydrogen-bond acceptors (Lipinski definition) is 5. The molecule has 0 spiro atoms. The van der Waals surface area contributed by atoms with Crippen molar-refractivity contribution < 1.29 is 23.8 Å². The van der Waals surface area contributed by atoms with Gasteiger partial charge in [-0.2, -0.15) is 0 Å². The van der Waals surface area contributed by atoms with Crippen molar-refractivity contribution in [2.75, 3.05) is 14.2 Å². The van der Waals surface area contributed by atoms with Crippen LogP contribution in [-0.4, -0.2) is 30.8 Å². The van der Waals surface area contributed by atoms with Crippen LogP contribution in [0.3, 0.4) is 0 Å². The summed E-state index contributed by atoms with van der Waals surface area (Å²) >= 11 is 0. The number of esters is 1. The van der Waals surface area contributed by atoms with Crippen LogP contribution in [0.2, 0.25) is 0 Å². The molecule has 3 rings (SSSR count). The van der Waals surface area contributed by atoms with Gasteiger partial charge in [0.1, 0.15) is 18.1 Å². The van der Waals surface area contributed by atoms with E-state index < -0.39 is 12.1 Å². The first-order valence-corrected chi connectivity index (χ1v) is 7.63. The third-order valence-electron chi connectivity index (χ3n) is 3.79. The summed E-state index contributed by atoms with van der Waals surface area (Å²) in [6.45, 7) is 0.101. The number of nitrogens with zero attached hydrogens (tertiary/aromatic N) is 1. The van der Waals surface area contributed by atoms with Gasteiger partial charge in [-0.15, -0.1) is 0 Å². The number of carbonyl (C=O) groups excluding carboxylic acids is 2. The molecular formula is C19H17NO5. The summed E-state index contributed by atoms with van der Waals surface area (Å²) in [6.07, 6.45) is -0.660. The van der Waals surface area contributed by atoms with Gasteiger partial charge in [0.15, 0.2) is 0 Å². The van der Waals surface area contributed by atoms with E-state index in [-0.39, 0.29) is 12.3 Å². The van der Waals surface area contributed by atoms with Gasteiger partial charge < -0.3 is 14.2 Å². The molecule has 0 N–H and O–H groups in total. The highest BCUT2D eigenvalue weighted by molar-refractivity contribution is 6.01. The van der Waals surface area contributed by atoms with Gasteiger partial charge in [0.25, 0.3) is 0 Å². The van der Waals surface area contributed by atoms with Crippen molar-refractivity contribution in [1.82, 2.24) is 4.57 Å². The maximum Gasteiger partial charge on any atom is 0.419 e. The second-order valence-electron chi connectivity index (χ2n) is 5.32. The van der Waals surface area contributed by atoms with Crippen LogP contribution < -0.4 is 4.74 Å². The summed E-state index contributed by atoms with van der Waals surface area (Å²) in [5.74, 6) is -0.0500. The Balaban J connectivity index is 1.99. The summed E-state index contributed by atoms with van der Waals surface area (Å²) in [5.41, 5.74) is 1.46. The summed E-state index contributed by atoms with van der Waals surface area (Å²) in [6, 6.07) is 16.1. The van der Waals surface area contributed by atoms with Gasteiger partial charge in [-0.05, 0) is 23.8 Å². The van der Waals surface area contributed by atoms with Crippen LogP contribution in [0.5, 0.6) is 5.75 Å². The number of ether oxygens (including phenoxy) is 3. The zero-order chi connectivity index (χ0) is 17.8. The number of hydrogen-bond donors (Lipinski definition) is 0. The monoisotopic (exact) mass is 339 g/mol. The Bertz CT molecular complexity index is 914. The molecule has 0 saturated carbocycles. The van der Waals surface area contributed by atoms with Crippen molar-refractivity contribution in [3.8, 4) is 5.75 Å². The first-order valence-electron chi connectivity index (χ1n) is 7.63. The van der Waals surface area contributed by atoms with Crippen LogP contribution in [0.1, 0.15) is 16.1 Å². The number of rotatable bonds is 4. The minimum Gasteiger partial charge on any atom is -0.497 e. The molecule has 0 fully saturated rings. The molecule has 0 atom stereocenters. The van der Waals surface area contributed by atoms with Gasteiger partial charge in [0.05, 0.1) is 19.7 Å². The van der Waals surface area contributed by atoms with Gasteiger partial charge in [0, 0.05) is 11.5 Å². The van der Waals surface area contributed by atoms with Crippen molar-refractivity contribution in [3.63, 3.8) is 0 Å². The molecule has 0 bridgehead atoms. The normalized spacial score (nSPS) is 10.5. The second kappa shape index (κ2) is 7.09. The highest BCUT2D eigenvalue weighted by Gasteiger charge is 2.22. The molecular weight excluding hydrogens is 322 g/mol. The van der Waals surface area contributed by atoms with E-state index in [9.17, 15) is 9.59 Å². The highest BCUT2D eigenvalue weighted by atomic mass is 16.6. The average molecular weight is 339 g/mol. The lowest BCUT2D eigenvalue weighted by molar-refractivity contribution is 0.0585. The van der Waals surface area contributed by atoms with Gasteiger partial charge in [-0.3, -0.25) is 0 Å². The molecule has 1 aromatic heterocycles. The fourth-order valence-electron chi connectivity index (χ4n) is 2.54. The average Bonchev–Trinajstić information content (AvgIpc) is 3.04. The topological polar surface area (TPSA) is 66.8 Å². The Kier molecular flexibility index (Phi) is 4.70. The molecule has 0 unspecified atom stereocenters. The van der Waals surface area contributed by atoms with Crippen molar-refractivity contribution in [3.05, 3.63) is 65.9 Å². The van der Waals surface area contributed by atoms with Gasteiger partial charge >= 0.3 is 12.1 Å². The zero-order valence-electron chi connectivity index (χ0n) is 13.9. The molecule has 128 valence electrons. The highest BCUT2D eigenvalue weighted by Crippen LogP contribution is 2.25. The number of methoxy groups -OCH3 is 2. The van der Waals surface area contributed by atoms with Crippen LogP contribution in [0.25, 0.3) is 10.9 Å². The molecule has 0 saturated heterocycles. The van der Waals surface area contributed by atoms with Crippen LogP contribution in [0.4, 0.5) is 4.79 Å². The van der Waals surface area contributed by atoms with E-state index in [1.807, 2.05) is 30.3 Å². The Morgan fingerprint density at radius 3 is 2.44 bits per heavy atom. The summed E-state index contributed by atoms with van der Waals surface area (Å²) < 4.78 is 16.5. The zero-order valence-corrected chi connectivity index (χ0v) is 13.9. The van der Waals surface area contributed by atoms with Gasteiger partial charge in [-0.1, -0.05) is 30.3 Å². The van der Waals surface area contributed by atoms with Crippen molar-refractivity contribution in [2.24, 2.45) is 0 Å². The van der Waals surface area contributed by atoms with E-state index >= 15 is 0 Å². The first-order chi connectivity index (χ1) is 12.1. The summed E-state index contributed by atoms with van der Waals surface area (Å²) in [7, 11) is 2.80. The fraction of sp³-hybridized carbons (Fsp3) is 0.158. The van der Waals surface area contributed by atoms with E-state index in [1.165, 1.54) is 18.8 Å². The molecule has 25 heavy (non-hydrogen) atoms. The Morgan fingerprint density at radius 2 is 1.76 bits per heavy atom. The third kappa shape index (κ3) is 3.33. The lowest BCUT2D eigenvalue weighted by atomic mass is 10.2. The Labute approximate surface area is 144 Å². The number of aromatic nitrogens is 1. The van der Waals surface area contributed by atoms with Crippen LogP contribution >= 0.6 is 0 Å². The molecule has 0 aliphatic rings. The summed E-state index contributed by atoms with van der Waals surface area (Å²) in [4.78, 5) is 24.7. The van der Waals surface area contributed by atoms with Crippen molar-refractivity contribution in [2.45, 2.75) is 6.61 Å². The molecule has 3 aromatic rings. The minimum absolute atomic E-state index is 0.101. The number of carbonyl (C=O) groups is 2. The quantitative estimate of drug-likeness (QED) is 0.679. The Morgan fingerprint density at radius 1 is 1.00 bits per heavy atom. The molecule has 0 aliphatic heterocycles. The largest absolute Gasteiger partial charge is 0.497 e. The first kappa shape index (κ1) is 16.6. The standard InChI is InChI=1S/C19H17NO5/c1-23-15-9-8-14-10-17(18(21)24-2)20(16(14)11-15)19(22)25-12-13-6-4-3-5-7-13/h3-11H,12H2,1-2H3. The smallest absolute Gasteiger partial charge is 0.419 e. The molecule has 6 heteroatoms. The number of benzene rings is 2. The fourth-order valence-corrected chi connectivity index (χ4v) is 2.54. The molecule has 0 amide bonds. The predicted molar refractivity (Wildman–Crippen MR) is 91.9 cm³/mol. The third-order valence-corrected chi connectivity index (χ3v) is 3.79. The molecule has 6 nitrogen and oxygen atoms in total. The van der Waals surface area contributed by atoms with E-state index in [1.54, 1.807) is 24.3 Å². The van der Waals surface area contributed by atoms with E-state index in [4.69, 9.17) is 14.2 Å². The molecule has 1 heterocycles. The van der Waals surface area contributed by atoms with E-state index in [0.29, 0.717) is 16.7 Å². The van der Waals surface area contributed by atoms with Crippen LogP contribution in [-0.2, 0) is 16.1 Å². The SMILES string of the molecule is COC(=O)c1cc2ccc(OC)cc2n1C(=O)OCc1ccccc1. The maximum absolute atomic E-state index is 12.6. The van der Waals surface area contributed by atoms with Gasteiger partial charge in [-0.25, -0.2) is 14.2 Å². The molecule has 0 aliphatic carbocycles. The van der Waals surface area contributed by atoms with Gasteiger partial charge in [0.2, 0.25) is 0 Å².